The van der Waals surface area contributed by atoms with Crippen LogP contribution in [-0.2, 0) is 4.79 Å². The van der Waals surface area contributed by atoms with Crippen LogP contribution >= 0.6 is 0 Å². The zero-order valence-electron chi connectivity index (χ0n) is 15.2. The molecular weight excluding hydrogens is 348 g/mol. The summed E-state index contributed by atoms with van der Waals surface area (Å²) in [5, 5.41) is 4.06. The molecule has 0 saturated carbocycles. The van der Waals surface area contributed by atoms with E-state index in [1.54, 1.807) is 0 Å². The zero-order chi connectivity index (χ0) is 19.2. The maximum absolute atomic E-state index is 12.6. The second-order valence-electron chi connectivity index (χ2n) is 6.36. The molecular formula is C24H19N2O2. The van der Waals surface area contributed by atoms with Crippen LogP contribution in [0.15, 0.2) is 91.0 Å². The molecule has 1 aromatic heterocycles. The molecule has 1 radical (unpaired) electrons. The smallest absolute Gasteiger partial charge is 0.258 e. The van der Waals surface area contributed by atoms with Gasteiger partial charge < -0.3 is 10.1 Å². The van der Waals surface area contributed by atoms with E-state index in [4.69, 9.17) is 9.72 Å². The van der Waals surface area contributed by atoms with Crippen molar-refractivity contribution in [3.63, 3.8) is 0 Å². The number of amides is 1. The number of hydrogen-bond acceptors (Lipinski definition) is 3. The molecule has 4 rings (SSSR count). The average molecular weight is 367 g/mol. The van der Waals surface area contributed by atoms with Crippen LogP contribution in [0.3, 0.4) is 0 Å². The van der Waals surface area contributed by atoms with Crippen LogP contribution in [-0.4, -0.2) is 17.5 Å². The van der Waals surface area contributed by atoms with Gasteiger partial charge in [0, 0.05) is 11.5 Å². The van der Waals surface area contributed by atoms with E-state index in [2.05, 4.69) is 11.4 Å². The summed E-state index contributed by atoms with van der Waals surface area (Å²) in [5.74, 6) is 0.448. The molecule has 0 aliphatic carbocycles. The van der Waals surface area contributed by atoms with Crippen LogP contribution < -0.4 is 10.1 Å². The number of nitrogens with zero attached hydrogens (tertiary/aromatic N) is 1. The van der Waals surface area contributed by atoms with E-state index in [0.717, 1.165) is 22.2 Å². The Morgan fingerprint density at radius 3 is 2.46 bits per heavy atom. The van der Waals surface area contributed by atoms with Gasteiger partial charge in [-0.15, -0.1) is 0 Å². The van der Waals surface area contributed by atoms with Crippen molar-refractivity contribution in [2.24, 2.45) is 0 Å². The molecule has 4 nitrogen and oxygen atoms in total. The van der Waals surface area contributed by atoms with Crippen molar-refractivity contribution in [2.75, 3.05) is 6.61 Å². The highest BCUT2D eigenvalue weighted by Crippen LogP contribution is 2.23. The predicted octanol–water partition coefficient (Wildman–Crippen LogP) is 4.32. The SMILES string of the molecule is O=C(COc1ccccc1)NC(c1ccccc1)c1ccc2ccc[c]c2n1. The summed E-state index contributed by atoms with van der Waals surface area (Å²) >= 11 is 0. The van der Waals surface area contributed by atoms with Crippen molar-refractivity contribution >= 4 is 16.8 Å². The Labute approximate surface area is 163 Å². The third kappa shape index (κ3) is 4.18. The van der Waals surface area contributed by atoms with Gasteiger partial charge in [0.15, 0.2) is 6.61 Å². The van der Waals surface area contributed by atoms with E-state index in [9.17, 15) is 4.79 Å². The molecule has 0 fully saturated rings. The van der Waals surface area contributed by atoms with Crippen LogP contribution in [0.25, 0.3) is 10.9 Å². The zero-order valence-corrected chi connectivity index (χ0v) is 15.2. The Morgan fingerprint density at radius 2 is 1.68 bits per heavy atom. The summed E-state index contributed by atoms with van der Waals surface area (Å²) in [7, 11) is 0. The maximum Gasteiger partial charge on any atom is 0.258 e. The minimum atomic E-state index is -0.369. The van der Waals surface area contributed by atoms with Gasteiger partial charge in [-0.05, 0) is 23.8 Å². The number of pyridine rings is 1. The fourth-order valence-corrected chi connectivity index (χ4v) is 3.02. The third-order valence-electron chi connectivity index (χ3n) is 4.39. The van der Waals surface area contributed by atoms with Gasteiger partial charge in [0.05, 0.1) is 17.3 Å². The first kappa shape index (κ1) is 17.7. The van der Waals surface area contributed by atoms with Crippen LogP contribution in [0.4, 0.5) is 0 Å². The van der Waals surface area contributed by atoms with E-state index in [0.29, 0.717) is 5.75 Å². The number of nitrogens with one attached hydrogen (secondary N) is 1. The van der Waals surface area contributed by atoms with E-state index < -0.39 is 0 Å². The van der Waals surface area contributed by atoms with Crippen LogP contribution in [0.5, 0.6) is 5.75 Å². The largest absolute Gasteiger partial charge is 0.484 e. The summed E-state index contributed by atoms with van der Waals surface area (Å²) in [6.45, 7) is -0.0624. The molecule has 1 atom stereocenters. The number of carbonyl (C=O) groups excluding carboxylic acids is 1. The summed E-state index contributed by atoms with van der Waals surface area (Å²) < 4.78 is 5.57. The molecule has 3 aromatic carbocycles. The summed E-state index contributed by atoms with van der Waals surface area (Å²) in [4.78, 5) is 17.3. The van der Waals surface area contributed by atoms with Crippen molar-refractivity contribution in [3.05, 3.63) is 108 Å². The first-order chi connectivity index (χ1) is 13.8. The van der Waals surface area contributed by atoms with Crippen LogP contribution in [0.1, 0.15) is 17.3 Å². The van der Waals surface area contributed by atoms with Crippen molar-refractivity contribution in [1.29, 1.82) is 0 Å². The number of hydrogen-bond donors (Lipinski definition) is 1. The Balaban J connectivity index is 1.57. The highest BCUT2D eigenvalue weighted by atomic mass is 16.5. The lowest BCUT2D eigenvalue weighted by molar-refractivity contribution is -0.123. The average Bonchev–Trinajstić information content (AvgIpc) is 2.77. The number of benzene rings is 3. The normalized spacial score (nSPS) is 11.7. The highest BCUT2D eigenvalue weighted by molar-refractivity contribution is 5.80. The van der Waals surface area contributed by atoms with Gasteiger partial charge >= 0.3 is 0 Å². The fourth-order valence-electron chi connectivity index (χ4n) is 3.02. The lowest BCUT2D eigenvalue weighted by Gasteiger charge is -2.19. The molecule has 137 valence electrons. The quantitative estimate of drug-likeness (QED) is 0.552. The molecule has 1 amide bonds. The Kier molecular flexibility index (Phi) is 5.29. The third-order valence-corrected chi connectivity index (χ3v) is 4.39. The standard InChI is InChI=1S/C24H19N2O2/c27-23(17-28-20-12-5-2-6-13-20)26-24(19-10-3-1-4-11-19)22-16-15-18-9-7-8-14-21(18)25-22/h1-13,15-16,24H,17H2,(H,26,27). The van der Waals surface area contributed by atoms with Gasteiger partial charge in [0.25, 0.3) is 5.91 Å². The monoisotopic (exact) mass is 367 g/mol. The summed E-state index contributed by atoms with van der Waals surface area (Å²) in [5.41, 5.74) is 2.49. The minimum Gasteiger partial charge on any atom is -0.484 e. The van der Waals surface area contributed by atoms with E-state index in [-0.39, 0.29) is 18.6 Å². The molecule has 0 aliphatic heterocycles. The number of rotatable bonds is 6. The molecule has 1 N–H and O–H groups in total. The Hall–Kier alpha value is -3.66. The predicted molar refractivity (Wildman–Crippen MR) is 109 cm³/mol. The molecule has 1 unspecified atom stereocenters. The van der Waals surface area contributed by atoms with Crippen molar-refractivity contribution in [2.45, 2.75) is 6.04 Å². The van der Waals surface area contributed by atoms with Gasteiger partial charge in [-0.1, -0.05) is 72.8 Å². The van der Waals surface area contributed by atoms with E-state index in [1.165, 1.54) is 0 Å². The van der Waals surface area contributed by atoms with Crippen molar-refractivity contribution in [1.82, 2.24) is 10.3 Å². The van der Waals surface area contributed by atoms with Crippen molar-refractivity contribution in [3.8, 4) is 5.75 Å². The highest BCUT2D eigenvalue weighted by Gasteiger charge is 2.19. The molecule has 0 spiro atoms. The van der Waals surface area contributed by atoms with Crippen LogP contribution in [0, 0.1) is 6.07 Å². The lowest BCUT2D eigenvalue weighted by atomic mass is 10.0. The number of ether oxygens (including phenoxy) is 1. The Morgan fingerprint density at radius 1 is 0.929 bits per heavy atom. The van der Waals surface area contributed by atoms with E-state index >= 15 is 0 Å². The summed E-state index contributed by atoms with van der Waals surface area (Å²) in [6, 6.07) is 31.6. The fraction of sp³-hybridized carbons (Fsp3) is 0.0833. The van der Waals surface area contributed by atoms with Crippen LogP contribution in [0.2, 0.25) is 0 Å². The number of aromatic nitrogens is 1. The molecule has 4 aromatic rings. The van der Waals surface area contributed by atoms with E-state index in [1.807, 2.05) is 91.0 Å². The number of para-hydroxylation sites is 2. The minimum absolute atomic E-state index is 0.0624. The second kappa shape index (κ2) is 8.35. The van der Waals surface area contributed by atoms with Gasteiger partial charge in [0.2, 0.25) is 0 Å². The number of fused-ring (bicyclic) bond motifs is 1. The van der Waals surface area contributed by atoms with Crippen molar-refractivity contribution < 1.29 is 9.53 Å². The first-order valence-corrected chi connectivity index (χ1v) is 9.09. The molecule has 1 heterocycles. The lowest BCUT2D eigenvalue weighted by Crippen LogP contribution is -2.33. The maximum atomic E-state index is 12.6. The van der Waals surface area contributed by atoms with Gasteiger partial charge in [-0.3, -0.25) is 4.79 Å². The topological polar surface area (TPSA) is 51.2 Å². The molecule has 0 bridgehead atoms. The van der Waals surface area contributed by atoms with Gasteiger partial charge in [-0.2, -0.15) is 0 Å². The molecule has 4 heteroatoms. The van der Waals surface area contributed by atoms with Gasteiger partial charge in [0.1, 0.15) is 5.75 Å². The Bertz CT molecular complexity index is 1070. The number of carbonyl (C=O) groups is 1. The van der Waals surface area contributed by atoms with Gasteiger partial charge in [-0.25, -0.2) is 4.98 Å². The molecule has 28 heavy (non-hydrogen) atoms. The first-order valence-electron chi connectivity index (χ1n) is 9.09. The second-order valence-corrected chi connectivity index (χ2v) is 6.36. The molecule has 0 aliphatic rings. The summed E-state index contributed by atoms with van der Waals surface area (Å²) in [6.07, 6.45) is 0. The molecule has 0 saturated heterocycles.